The molecule has 0 saturated heterocycles. The highest BCUT2D eigenvalue weighted by Crippen LogP contribution is 2.07. The van der Waals surface area contributed by atoms with Crippen LogP contribution in [-0.2, 0) is 26.2 Å². The zero-order valence-corrected chi connectivity index (χ0v) is 16.4. The van der Waals surface area contributed by atoms with Gasteiger partial charge >= 0.3 is 6.09 Å². The number of rotatable bonds is 8. The van der Waals surface area contributed by atoms with Crippen molar-refractivity contribution in [2.45, 2.75) is 31.4 Å². The first kappa shape index (κ1) is 21.4. The van der Waals surface area contributed by atoms with Gasteiger partial charge in [0.25, 0.3) is 15.9 Å². The molecule has 0 aliphatic carbocycles. The van der Waals surface area contributed by atoms with Crippen LogP contribution >= 0.6 is 0 Å². The average molecular weight is 405 g/mol. The molecule has 2 amide bonds. The maximum absolute atomic E-state index is 12.4. The molecule has 2 rings (SSSR count). The van der Waals surface area contributed by atoms with Crippen LogP contribution in [0.15, 0.2) is 65.6 Å². The van der Waals surface area contributed by atoms with E-state index in [0.29, 0.717) is 0 Å². The highest BCUT2D eigenvalue weighted by atomic mass is 32.2. The molecule has 1 atom stereocenters. The summed E-state index contributed by atoms with van der Waals surface area (Å²) in [6.07, 6.45) is -0.774. The monoisotopic (exact) mass is 405 g/mol. The number of alkyl carbamates (subject to hydrolysis) is 1. The number of hydrogen-bond donors (Lipinski definition) is 3. The van der Waals surface area contributed by atoms with Crippen LogP contribution in [0.2, 0.25) is 0 Å². The highest BCUT2D eigenvalue weighted by molar-refractivity contribution is 7.89. The van der Waals surface area contributed by atoms with Gasteiger partial charge in [0.1, 0.15) is 12.6 Å². The van der Waals surface area contributed by atoms with Gasteiger partial charge in [0, 0.05) is 0 Å². The average Bonchev–Trinajstić information content (AvgIpc) is 2.70. The zero-order chi connectivity index (χ0) is 20.6. The molecule has 0 radical (unpaired) electrons. The molecule has 0 unspecified atom stereocenters. The molecular formula is C19H23N3O5S. The molecule has 0 saturated carbocycles. The lowest BCUT2D eigenvalue weighted by Gasteiger charge is -2.21. The number of amides is 2. The zero-order valence-electron chi connectivity index (χ0n) is 15.6. The molecule has 0 aliphatic rings. The van der Waals surface area contributed by atoms with Crippen LogP contribution in [0.25, 0.3) is 0 Å². The topological polar surface area (TPSA) is 114 Å². The summed E-state index contributed by atoms with van der Waals surface area (Å²) in [4.78, 5) is 26.4. The first-order valence-corrected chi connectivity index (χ1v) is 10.1. The lowest BCUT2D eigenvalue weighted by atomic mass is 10.0. The summed E-state index contributed by atoms with van der Waals surface area (Å²) in [7, 11) is -3.92. The van der Waals surface area contributed by atoms with Gasteiger partial charge in [-0.05, 0) is 23.6 Å². The van der Waals surface area contributed by atoms with E-state index in [4.69, 9.17) is 4.74 Å². The fourth-order valence-electron chi connectivity index (χ4n) is 2.28. The minimum Gasteiger partial charge on any atom is -0.445 e. The highest BCUT2D eigenvalue weighted by Gasteiger charge is 2.26. The number of benzene rings is 2. The number of ether oxygens (including phenoxy) is 1. The van der Waals surface area contributed by atoms with Crippen LogP contribution < -0.4 is 15.6 Å². The van der Waals surface area contributed by atoms with Crippen molar-refractivity contribution in [2.75, 3.05) is 0 Å². The number of nitrogens with one attached hydrogen (secondary N) is 3. The minimum absolute atomic E-state index is 0.00614. The van der Waals surface area contributed by atoms with E-state index in [9.17, 15) is 18.0 Å². The first-order valence-electron chi connectivity index (χ1n) is 8.63. The van der Waals surface area contributed by atoms with E-state index in [-0.39, 0.29) is 17.4 Å². The molecule has 0 aliphatic heterocycles. The summed E-state index contributed by atoms with van der Waals surface area (Å²) in [6, 6.07) is 15.7. The molecule has 8 nitrogen and oxygen atoms in total. The molecule has 2 aromatic carbocycles. The number of hydrogen-bond acceptors (Lipinski definition) is 5. The van der Waals surface area contributed by atoms with Crippen LogP contribution in [-0.4, -0.2) is 26.5 Å². The summed E-state index contributed by atoms with van der Waals surface area (Å²) in [5, 5.41) is 2.45. The molecule has 0 spiro atoms. The van der Waals surface area contributed by atoms with E-state index in [1.807, 2.05) is 23.0 Å². The lowest BCUT2D eigenvalue weighted by Crippen LogP contribution is -2.54. The number of hydrazine groups is 1. The Bertz CT molecular complexity index is 886. The van der Waals surface area contributed by atoms with Crippen molar-refractivity contribution in [1.29, 1.82) is 0 Å². The largest absolute Gasteiger partial charge is 0.445 e. The molecule has 2 aromatic rings. The molecular weight excluding hydrogens is 382 g/mol. The summed E-state index contributed by atoms with van der Waals surface area (Å²) in [5.74, 6) is -1.00. The Morgan fingerprint density at radius 3 is 2.11 bits per heavy atom. The Morgan fingerprint density at radius 1 is 0.964 bits per heavy atom. The van der Waals surface area contributed by atoms with Crippen molar-refractivity contribution >= 4 is 22.0 Å². The van der Waals surface area contributed by atoms with Crippen molar-refractivity contribution in [3.8, 4) is 0 Å². The van der Waals surface area contributed by atoms with Gasteiger partial charge in [0.05, 0.1) is 4.90 Å². The van der Waals surface area contributed by atoms with E-state index in [1.54, 1.807) is 44.2 Å². The van der Waals surface area contributed by atoms with Gasteiger partial charge < -0.3 is 10.1 Å². The van der Waals surface area contributed by atoms with Gasteiger partial charge in [-0.2, -0.15) is 0 Å². The van der Waals surface area contributed by atoms with Gasteiger partial charge in [-0.25, -0.2) is 13.2 Å². The fraction of sp³-hybridized carbons (Fsp3) is 0.263. The SMILES string of the molecule is CC(C)[C@H](NC(=O)OCc1ccccc1)C(=O)NNS(=O)(=O)c1ccccc1. The van der Waals surface area contributed by atoms with Gasteiger partial charge in [0.15, 0.2) is 0 Å². The summed E-state index contributed by atoms with van der Waals surface area (Å²) < 4.78 is 29.5. The van der Waals surface area contributed by atoms with Crippen LogP contribution in [0.4, 0.5) is 4.79 Å². The molecule has 9 heteroatoms. The summed E-state index contributed by atoms with van der Waals surface area (Å²) in [5.41, 5.74) is 2.94. The predicted molar refractivity (Wildman–Crippen MR) is 103 cm³/mol. The molecule has 0 fully saturated rings. The fourth-order valence-corrected chi connectivity index (χ4v) is 3.15. The summed E-state index contributed by atoms with van der Waals surface area (Å²) in [6.45, 7) is 3.49. The Kier molecular flexibility index (Phi) is 7.53. The van der Waals surface area contributed by atoms with E-state index >= 15 is 0 Å². The Morgan fingerprint density at radius 2 is 1.54 bits per heavy atom. The number of carbonyl (C=O) groups is 2. The number of carbonyl (C=O) groups excluding carboxylic acids is 2. The second-order valence-corrected chi connectivity index (χ2v) is 8.02. The minimum atomic E-state index is -3.92. The van der Waals surface area contributed by atoms with E-state index < -0.39 is 28.1 Å². The maximum Gasteiger partial charge on any atom is 0.408 e. The number of sulfonamides is 1. The molecule has 28 heavy (non-hydrogen) atoms. The third kappa shape index (κ3) is 6.36. The van der Waals surface area contributed by atoms with Crippen molar-refractivity contribution in [1.82, 2.24) is 15.6 Å². The lowest BCUT2D eigenvalue weighted by molar-refractivity contribution is -0.124. The molecule has 150 valence electrons. The molecule has 0 bridgehead atoms. The second kappa shape index (κ2) is 9.86. The van der Waals surface area contributed by atoms with Crippen LogP contribution in [0, 0.1) is 5.92 Å². The molecule has 3 N–H and O–H groups in total. The van der Waals surface area contributed by atoms with E-state index in [0.717, 1.165) is 5.56 Å². The van der Waals surface area contributed by atoms with Gasteiger partial charge in [-0.15, -0.1) is 4.83 Å². The normalized spacial score (nSPS) is 12.2. The summed E-state index contributed by atoms with van der Waals surface area (Å²) >= 11 is 0. The van der Waals surface area contributed by atoms with E-state index in [2.05, 4.69) is 10.7 Å². The predicted octanol–water partition coefficient (Wildman–Crippen LogP) is 1.95. The third-order valence-corrected chi connectivity index (χ3v) is 5.06. The quantitative estimate of drug-likeness (QED) is 0.581. The smallest absolute Gasteiger partial charge is 0.408 e. The maximum atomic E-state index is 12.4. The van der Waals surface area contributed by atoms with Crippen LogP contribution in [0.3, 0.4) is 0 Å². The van der Waals surface area contributed by atoms with Crippen molar-refractivity contribution in [2.24, 2.45) is 5.92 Å². The third-order valence-electron chi connectivity index (χ3n) is 3.80. The Balaban J connectivity index is 1.91. The Labute approximate surface area is 164 Å². The van der Waals surface area contributed by atoms with Gasteiger partial charge in [-0.1, -0.05) is 62.4 Å². The molecule has 0 aromatic heterocycles. The van der Waals surface area contributed by atoms with Gasteiger partial charge in [-0.3, -0.25) is 10.2 Å². The van der Waals surface area contributed by atoms with Crippen molar-refractivity contribution in [3.05, 3.63) is 66.2 Å². The van der Waals surface area contributed by atoms with E-state index in [1.165, 1.54) is 12.1 Å². The molecule has 0 heterocycles. The van der Waals surface area contributed by atoms with Crippen molar-refractivity contribution in [3.63, 3.8) is 0 Å². The van der Waals surface area contributed by atoms with Crippen LogP contribution in [0.1, 0.15) is 19.4 Å². The Hall–Kier alpha value is -2.91. The second-order valence-electron chi connectivity index (χ2n) is 6.34. The standard InChI is InChI=1S/C19H23N3O5S/c1-14(2)17(20-19(24)27-13-15-9-5-3-6-10-15)18(23)21-22-28(25,26)16-11-7-4-8-12-16/h3-12,14,17,22H,13H2,1-2H3,(H,20,24)(H,21,23)/t17-/m0/s1. The van der Waals surface area contributed by atoms with Crippen LogP contribution in [0.5, 0.6) is 0 Å². The van der Waals surface area contributed by atoms with Gasteiger partial charge in [0.2, 0.25) is 0 Å². The van der Waals surface area contributed by atoms with Crippen molar-refractivity contribution < 1.29 is 22.7 Å². The first-order chi connectivity index (χ1) is 13.3.